The Morgan fingerprint density at radius 1 is 0.500 bits per heavy atom. The van der Waals surface area contributed by atoms with Gasteiger partial charge in [0.1, 0.15) is 24.0 Å². The fourth-order valence-electron chi connectivity index (χ4n) is 6.37. The summed E-state index contributed by atoms with van der Waals surface area (Å²) in [6, 6.07) is 54.5. The average molecular weight is 596 g/mol. The molecule has 0 radical (unpaired) electrons. The number of hydrogen-bond acceptors (Lipinski definition) is 5. The monoisotopic (exact) mass is 595 g/mol. The summed E-state index contributed by atoms with van der Waals surface area (Å²) in [7, 11) is 0. The minimum Gasteiger partial charge on any atom is -0.350 e. The summed E-state index contributed by atoms with van der Waals surface area (Å²) in [5, 5.41) is 13.6. The van der Waals surface area contributed by atoms with E-state index in [1.807, 2.05) is 18.2 Å². The van der Waals surface area contributed by atoms with Crippen LogP contribution in [0.2, 0.25) is 0 Å². The van der Waals surface area contributed by atoms with Crippen LogP contribution in [0.1, 0.15) is 51.8 Å². The van der Waals surface area contributed by atoms with Gasteiger partial charge in [0, 0.05) is 16.8 Å². The van der Waals surface area contributed by atoms with E-state index in [2.05, 4.69) is 162 Å². The molecule has 0 aliphatic carbocycles. The number of nitrogens with zero attached hydrogens (tertiary/aromatic N) is 2. The fraction of sp³-hybridized carbons (Fsp3) is 0.0732. The Kier molecular flexibility index (Phi) is 7.43. The molecule has 222 valence electrons. The Balaban J connectivity index is 1.31. The molecule has 0 spiro atoms. The smallest absolute Gasteiger partial charge is 0.133 e. The lowest BCUT2D eigenvalue weighted by Crippen LogP contribution is -2.45. The fourth-order valence-corrected chi connectivity index (χ4v) is 6.37. The molecule has 0 amide bonds. The molecule has 2 aliphatic rings. The molecule has 2 heterocycles. The van der Waals surface area contributed by atoms with Crippen LogP contribution in [0, 0.1) is 0 Å². The van der Waals surface area contributed by atoms with Gasteiger partial charge in [0.2, 0.25) is 0 Å². The van der Waals surface area contributed by atoms with Crippen LogP contribution in [0.5, 0.6) is 0 Å². The second-order valence-corrected chi connectivity index (χ2v) is 11.6. The lowest BCUT2D eigenvalue weighted by Gasteiger charge is -2.34. The zero-order valence-electron chi connectivity index (χ0n) is 25.2. The third kappa shape index (κ3) is 5.49. The number of nitrogens with one attached hydrogen (secondary N) is 3. The zero-order chi connectivity index (χ0) is 30.7. The van der Waals surface area contributed by atoms with Crippen LogP contribution in [-0.4, -0.2) is 11.7 Å². The molecule has 5 heteroatoms. The molecule has 5 nitrogen and oxygen atoms in total. The molecule has 0 saturated heterocycles. The number of rotatable bonds is 6. The van der Waals surface area contributed by atoms with Gasteiger partial charge in [-0.05, 0) is 39.1 Å². The van der Waals surface area contributed by atoms with Crippen LogP contribution >= 0.6 is 0 Å². The van der Waals surface area contributed by atoms with Crippen LogP contribution in [0.15, 0.2) is 174 Å². The summed E-state index contributed by atoms with van der Waals surface area (Å²) in [6.07, 6.45) is 1.81. The second-order valence-electron chi connectivity index (χ2n) is 11.6. The molecule has 0 saturated carbocycles. The van der Waals surface area contributed by atoms with E-state index in [1.54, 1.807) is 0 Å². The predicted molar refractivity (Wildman–Crippen MR) is 188 cm³/mol. The van der Waals surface area contributed by atoms with Gasteiger partial charge in [-0.25, -0.2) is 4.99 Å². The molecule has 0 aromatic heterocycles. The first-order chi connectivity index (χ1) is 22.8. The molecule has 6 aromatic rings. The molecular weight excluding hydrogens is 562 g/mol. The van der Waals surface area contributed by atoms with Crippen molar-refractivity contribution >= 4 is 28.1 Å². The van der Waals surface area contributed by atoms with Crippen molar-refractivity contribution in [2.24, 2.45) is 9.98 Å². The Morgan fingerprint density at radius 2 is 1.09 bits per heavy atom. The average Bonchev–Trinajstić information content (AvgIpc) is 3.15. The molecule has 0 bridgehead atoms. The van der Waals surface area contributed by atoms with Crippen molar-refractivity contribution < 1.29 is 0 Å². The van der Waals surface area contributed by atoms with Crippen molar-refractivity contribution in [1.82, 2.24) is 16.0 Å². The highest BCUT2D eigenvalue weighted by molar-refractivity contribution is 6.05. The first-order valence-corrected chi connectivity index (χ1v) is 15.7. The number of fused-ring (bicyclic) bond motifs is 1. The maximum atomic E-state index is 5.40. The quantitative estimate of drug-likeness (QED) is 0.182. The van der Waals surface area contributed by atoms with Gasteiger partial charge in [-0.3, -0.25) is 10.3 Å². The maximum absolute atomic E-state index is 5.40. The lowest BCUT2D eigenvalue weighted by atomic mass is 9.89. The molecular formula is C41H33N5. The summed E-state index contributed by atoms with van der Waals surface area (Å²) in [5.41, 5.74) is 7.66. The number of benzene rings is 6. The van der Waals surface area contributed by atoms with Crippen LogP contribution in [0.25, 0.3) is 16.5 Å². The van der Waals surface area contributed by atoms with E-state index in [0.717, 1.165) is 50.7 Å². The highest BCUT2D eigenvalue weighted by atomic mass is 15.3. The van der Waals surface area contributed by atoms with Crippen molar-refractivity contribution in [3.8, 4) is 0 Å². The molecule has 3 N–H and O–H groups in total. The lowest BCUT2D eigenvalue weighted by molar-refractivity contribution is 0.406. The summed E-state index contributed by atoms with van der Waals surface area (Å²) < 4.78 is 0. The van der Waals surface area contributed by atoms with E-state index < -0.39 is 0 Å². The minimum atomic E-state index is -0.245. The van der Waals surface area contributed by atoms with Gasteiger partial charge in [0.15, 0.2) is 0 Å². The van der Waals surface area contributed by atoms with Gasteiger partial charge < -0.3 is 10.6 Å². The Labute approximate surface area is 269 Å². The largest absolute Gasteiger partial charge is 0.350 e. The molecule has 8 rings (SSSR count). The molecule has 46 heavy (non-hydrogen) atoms. The Bertz CT molecular complexity index is 2010. The van der Waals surface area contributed by atoms with E-state index in [1.165, 1.54) is 10.8 Å². The topological polar surface area (TPSA) is 60.8 Å². The van der Waals surface area contributed by atoms with E-state index >= 15 is 0 Å². The van der Waals surface area contributed by atoms with Crippen molar-refractivity contribution in [1.29, 1.82) is 0 Å². The van der Waals surface area contributed by atoms with Gasteiger partial charge in [-0.2, -0.15) is 0 Å². The molecule has 0 fully saturated rings. The number of amidine groups is 2. The summed E-state index contributed by atoms with van der Waals surface area (Å²) >= 11 is 0. The first kappa shape index (κ1) is 27.7. The van der Waals surface area contributed by atoms with E-state index in [0.29, 0.717) is 0 Å². The van der Waals surface area contributed by atoms with Gasteiger partial charge >= 0.3 is 0 Å². The van der Waals surface area contributed by atoms with E-state index in [9.17, 15) is 0 Å². The van der Waals surface area contributed by atoms with Gasteiger partial charge in [0.25, 0.3) is 0 Å². The van der Waals surface area contributed by atoms with Crippen molar-refractivity contribution in [2.75, 3.05) is 0 Å². The van der Waals surface area contributed by atoms with Crippen molar-refractivity contribution in [3.05, 3.63) is 197 Å². The summed E-state index contributed by atoms with van der Waals surface area (Å²) in [4.78, 5) is 10.6. The third-order valence-electron chi connectivity index (χ3n) is 8.62. The molecule has 3 unspecified atom stereocenters. The number of hydrogen-bond donors (Lipinski definition) is 3. The van der Waals surface area contributed by atoms with E-state index in [-0.39, 0.29) is 18.4 Å². The molecule has 2 aliphatic heterocycles. The third-order valence-corrected chi connectivity index (χ3v) is 8.62. The van der Waals surface area contributed by atoms with Crippen molar-refractivity contribution in [2.45, 2.75) is 18.4 Å². The summed E-state index contributed by atoms with van der Waals surface area (Å²) in [6.45, 7) is 0. The standard InChI is InChI=1S/C41H33N5/c1-5-16-29(17-6-1)35-27-36(43-38(42-35)30-18-7-2-8-19-30)37-33-24-14-13-15-28(33)25-26-34(37)41-45-39(31-20-9-3-10-21-31)44-40(46-41)32-22-11-4-12-23-32/h1-27,36,39,41,45H,(H,42,43)(H,44,46). The van der Waals surface area contributed by atoms with Crippen LogP contribution < -0.4 is 16.0 Å². The zero-order valence-corrected chi connectivity index (χ0v) is 25.2. The van der Waals surface area contributed by atoms with E-state index in [4.69, 9.17) is 9.98 Å². The maximum Gasteiger partial charge on any atom is 0.133 e. The normalized spacial score (nSPS) is 19.3. The SMILES string of the molecule is C1=C(c2ccccc2)NC(c2ccccc2)=NC1c1c(C2NC(c3ccccc3)=NC(c3ccccc3)N2)ccc2ccccc12. The van der Waals surface area contributed by atoms with Crippen LogP contribution in [0.3, 0.4) is 0 Å². The van der Waals surface area contributed by atoms with Gasteiger partial charge in [-0.15, -0.1) is 0 Å². The predicted octanol–water partition coefficient (Wildman–Crippen LogP) is 8.31. The second kappa shape index (κ2) is 12.3. The molecule has 6 aromatic carbocycles. The Morgan fingerprint density at radius 3 is 1.78 bits per heavy atom. The first-order valence-electron chi connectivity index (χ1n) is 15.7. The molecule has 3 atom stereocenters. The van der Waals surface area contributed by atoms with Crippen molar-refractivity contribution in [3.63, 3.8) is 0 Å². The van der Waals surface area contributed by atoms with Crippen LogP contribution in [-0.2, 0) is 0 Å². The van der Waals surface area contributed by atoms with Gasteiger partial charge in [-0.1, -0.05) is 158 Å². The minimum absolute atomic E-state index is 0.226. The highest BCUT2D eigenvalue weighted by Crippen LogP contribution is 2.38. The Hall–Kier alpha value is -5.78. The van der Waals surface area contributed by atoms with Crippen LogP contribution in [0.4, 0.5) is 0 Å². The highest BCUT2D eigenvalue weighted by Gasteiger charge is 2.30. The summed E-state index contributed by atoms with van der Waals surface area (Å²) in [5.74, 6) is 1.71. The number of aliphatic imine (C=N–C) groups is 2. The van der Waals surface area contributed by atoms with Gasteiger partial charge in [0.05, 0.1) is 6.04 Å².